The Labute approximate surface area is 237 Å². The molecule has 1 unspecified atom stereocenters. The fourth-order valence-corrected chi connectivity index (χ4v) is 6.66. The van der Waals surface area contributed by atoms with Gasteiger partial charge in [-0.25, -0.2) is 8.42 Å². The van der Waals surface area contributed by atoms with E-state index in [9.17, 15) is 18.0 Å². The zero-order chi connectivity index (χ0) is 29.3. The van der Waals surface area contributed by atoms with Gasteiger partial charge in [0.15, 0.2) is 5.96 Å². The molecule has 2 amide bonds. The lowest BCUT2D eigenvalue weighted by Gasteiger charge is -2.45. The summed E-state index contributed by atoms with van der Waals surface area (Å²) in [6.07, 6.45) is 5.50. The van der Waals surface area contributed by atoms with Crippen LogP contribution in [0.25, 0.3) is 0 Å². The smallest absolute Gasteiger partial charge is 0.251 e. The molecule has 0 bridgehead atoms. The SMILES string of the molecule is C=C[C@]1(C)Cc2ccccc2[C@H]1NC(=O)c1cccc(C(CCS(C)(=O)=O)N2C(=N)NC(CC)(CC)CC2=O)c1. The minimum absolute atomic E-state index is 0.0439. The van der Waals surface area contributed by atoms with Gasteiger partial charge in [0.2, 0.25) is 5.91 Å². The number of nitrogens with one attached hydrogen (secondary N) is 3. The van der Waals surface area contributed by atoms with E-state index in [-0.39, 0.29) is 47.8 Å². The van der Waals surface area contributed by atoms with Gasteiger partial charge >= 0.3 is 0 Å². The number of benzene rings is 2. The van der Waals surface area contributed by atoms with E-state index < -0.39 is 21.4 Å². The predicted molar refractivity (Wildman–Crippen MR) is 158 cm³/mol. The highest BCUT2D eigenvalue weighted by atomic mass is 32.2. The van der Waals surface area contributed by atoms with E-state index in [1.807, 2.05) is 38.1 Å². The average molecular weight is 565 g/mol. The molecule has 3 atom stereocenters. The second kappa shape index (κ2) is 11.2. The molecule has 2 aliphatic rings. The van der Waals surface area contributed by atoms with Gasteiger partial charge in [0, 0.05) is 22.8 Å². The minimum Gasteiger partial charge on any atom is -0.350 e. The van der Waals surface area contributed by atoms with Crippen LogP contribution in [-0.2, 0) is 21.1 Å². The lowest BCUT2D eigenvalue weighted by molar-refractivity contribution is -0.132. The molecule has 8 nitrogen and oxygen atoms in total. The maximum atomic E-state index is 13.6. The molecule has 1 heterocycles. The van der Waals surface area contributed by atoms with Crippen molar-refractivity contribution >= 4 is 27.6 Å². The van der Waals surface area contributed by atoms with Crippen LogP contribution in [0.2, 0.25) is 0 Å². The molecule has 0 spiro atoms. The molecule has 2 aromatic carbocycles. The highest BCUT2D eigenvalue weighted by molar-refractivity contribution is 7.90. The molecule has 4 rings (SSSR count). The van der Waals surface area contributed by atoms with E-state index in [4.69, 9.17) is 5.41 Å². The van der Waals surface area contributed by atoms with Gasteiger partial charge in [-0.2, -0.15) is 0 Å². The number of rotatable bonds is 10. The van der Waals surface area contributed by atoms with Crippen LogP contribution in [0.4, 0.5) is 0 Å². The summed E-state index contributed by atoms with van der Waals surface area (Å²) in [5, 5.41) is 15.1. The van der Waals surface area contributed by atoms with Gasteiger partial charge in [-0.1, -0.05) is 63.2 Å². The molecule has 3 N–H and O–H groups in total. The van der Waals surface area contributed by atoms with Crippen LogP contribution >= 0.6 is 0 Å². The van der Waals surface area contributed by atoms with Gasteiger partial charge in [0.25, 0.3) is 5.91 Å². The first-order chi connectivity index (χ1) is 18.8. The zero-order valence-electron chi connectivity index (χ0n) is 23.8. The van der Waals surface area contributed by atoms with Gasteiger partial charge in [-0.15, -0.1) is 6.58 Å². The van der Waals surface area contributed by atoms with E-state index >= 15 is 0 Å². The number of carbonyl (C=O) groups is 2. The molecule has 1 saturated heterocycles. The summed E-state index contributed by atoms with van der Waals surface area (Å²) >= 11 is 0. The number of nitrogens with zero attached hydrogens (tertiary/aromatic N) is 1. The molecule has 2 aromatic rings. The monoisotopic (exact) mass is 564 g/mol. The molecular formula is C31H40N4O4S. The van der Waals surface area contributed by atoms with Crippen molar-refractivity contribution in [1.29, 1.82) is 5.41 Å². The molecule has 9 heteroatoms. The molecule has 40 heavy (non-hydrogen) atoms. The van der Waals surface area contributed by atoms with Crippen LogP contribution in [-0.4, -0.2) is 48.6 Å². The van der Waals surface area contributed by atoms with Crippen molar-refractivity contribution in [2.75, 3.05) is 12.0 Å². The van der Waals surface area contributed by atoms with E-state index in [2.05, 4.69) is 30.2 Å². The van der Waals surface area contributed by atoms with Crippen molar-refractivity contribution in [3.8, 4) is 0 Å². The summed E-state index contributed by atoms with van der Waals surface area (Å²) in [5.41, 5.74) is 2.40. The van der Waals surface area contributed by atoms with Crippen LogP contribution in [0.3, 0.4) is 0 Å². The highest BCUT2D eigenvalue weighted by Crippen LogP contribution is 2.46. The number of carbonyl (C=O) groups excluding carboxylic acids is 2. The second-order valence-electron chi connectivity index (χ2n) is 11.5. The quantitative estimate of drug-likeness (QED) is 0.362. The number of hydrogen-bond donors (Lipinski definition) is 3. The van der Waals surface area contributed by atoms with Crippen LogP contribution in [0.5, 0.6) is 0 Å². The molecule has 1 fully saturated rings. The van der Waals surface area contributed by atoms with Crippen molar-refractivity contribution in [3.05, 3.63) is 83.4 Å². The van der Waals surface area contributed by atoms with Crippen molar-refractivity contribution in [2.24, 2.45) is 5.41 Å². The van der Waals surface area contributed by atoms with Gasteiger partial charge in [0.05, 0.1) is 24.3 Å². The number of amides is 2. The molecule has 1 aliphatic heterocycles. The standard InChI is InChI=1S/C31H40N4O4S/c1-6-30(4)19-23-12-9-10-15-24(23)27(30)33-28(37)22-14-11-13-21(18-22)25(16-17-40(5,38)39)35-26(36)20-31(7-2,8-3)34-29(35)32/h6,9-15,18,25,27H,1,7-8,16-17,19-20H2,2-5H3,(H2,32,34)(H,33,37)/t25?,27-,30-/m1/s1. The van der Waals surface area contributed by atoms with E-state index in [1.54, 1.807) is 24.3 Å². The van der Waals surface area contributed by atoms with Crippen LogP contribution in [0, 0.1) is 10.8 Å². The Hall–Kier alpha value is -3.46. The van der Waals surface area contributed by atoms with E-state index in [1.165, 1.54) is 10.5 Å². The third-order valence-electron chi connectivity index (χ3n) is 8.68. The Morgan fingerprint density at radius 3 is 2.52 bits per heavy atom. The molecular weight excluding hydrogens is 524 g/mol. The van der Waals surface area contributed by atoms with Gasteiger partial charge in [0.1, 0.15) is 9.84 Å². The van der Waals surface area contributed by atoms with Gasteiger partial charge < -0.3 is 10.6 Å². The molecule has 0 aromatic heterocycles. The lowest BCUT2D eigenvalue weighted by atomic mass is 9.83. The van der Waals surface area contributed by atoms with Crippen LogP contribution in [0.15, 0.2) is 61.2 Å². The Morgan fingerprint density at radius 1 is 1.20 bits per heavy atom. The van der Waals surface area contributed by atoms with Crippen molar-refractivity contribution in [2.45, 2.75) is 70.5 Å². The van der Waals surface area contributed by atoms with E-state index in [0.717, 1.165) is 18.2 Å². The number of guanidine groups is 1. The maximum absolute atomic E-state index is 13.6. The summed E-state index contributed by atoms with van der Waals surface area (Å²) < 4.78 is 24.2. The molecule has 214 valence electrons. The molecule has 1 aliphatic carbocycles. The predicted octanol–water partition coefficient (Wildman–Crippen LogP) is 4.70. The average Bonchev–Trinajstić information content (AvgIpc) is 3.21. The third kappa shape index (κ3) is 5.84. The summed E-state index contributed by atoms with van der Waals surface area (Å²) in [5.74, 6) is -0.704. The van der Waals surface area contributed by atoms with Crippen LogP contribution in [0.1, 0.15) is 85.6 Å². The van der Waals surface area contributed by atoms with Gasteiger partial charge in [-0.3, -0.25) is 19.9 Å². The Bertz CT molecular complexity index is 1410. The largest absolute Gasteiger partial charge is 0.350 e. The zero-order valence-corrected chi connectivity index (χ0v) is 24.6. The van der Waals surface area contributed by atoms with Crippen molar-refractivity contribution in [1.82, 2.24) is 15.5 Å². The van der Waals surface area contributed by atoms with Crippen molar-refractivity contribution in [3.63, 3.8) is 0 Å². The fourth-order valence-electron chi connectivity index (χ4n) is 6.01. The molecule has 0 radical (unpaired) electrons. The summed E-state index contributed by atoms with van der Waals surface area (Å²) in [7, 11) is -3.34. The highest BCUT2D eigenvalue weighted by Gasteiger charge is 2.43. The Balaban J connectivity index is 1.65. The first kappa shape index (κ1) is 29.5. The van der Waals surface area contributed by atoms with Crippen LogP contribution < -0.4 is 10.6 Å². The normalized spacial score (nSPS) is 22.8. The maximum Gasteiger partial charge on any atom is 0.251 e. The van der Waals surface area contributed by atoms with Gasteiger partial charge in [-0.05, 0) is 54.5 Å². The minimum atomic E-state index is -3.34. The first-order valence-electron chi connectivity index (χ1n) is 13.8. The van der Waals surface area contributed by atoms with Crippen molar-refractivity contribution < 1.29 is 18.0 Å². The Kier molecular flexibility index (Phi) is 8.26. The fraction of sp³-hybridized carbons (Fsp3) is 0.452. The second-order valence-corrected chi connectivity index (χ2v) is 13.7. The number of fused-ring (bicyclic) bond motifs is 1. The van der Waals surface area contributed by atoms with E-state index in [0.29, 0.717) is 24.0 Å². The first-order valence-corrected chi connectivity index (χ1v) is 15.9. The summed E-state index contributed by atoms with van der Waals surface area (Å²) in [6, 6.07) is 14.0. The number of sulfone groups is 1. The number of hydrogen-bond acceptors (Lipinski definition) is 5. The topological polar surface area (TPSA) is 119 Å². The lowest BCUT2D eigenvalue weighted by Crippen LogP contribution is -2.62. The Morgan fingerprint density at radius 2 is 1.90 bits per heavy atom. The summed E-state index contributed by atoms with van der Waals surface area (Å²) in [6.45, 7) is 10.1. The molecule has 0 saturated carbocycles. The summed E-state index contributed by atoms with van der Waals surface area (Å²) in [4.78, 5) is 28.4. The third-order valence-corrected chi connectivity index (χ3v) is 9.66.